The second-order valence-corrected chi connectivity index (χ2v) is 6.60. The molecule has 1 aliphatic rings. The minimum absolute atomic E-state index is 0.0268. The molecular formula is C20H13BrN2O3. The summed E-state index contributed by atoms with van der Waals surface area (Å²) in [5.41, 5.74) is 4.10. The fourth-order valence-corrected chi connectivity index (χ4v) is 3.07. The highest BCUT2D eigenvalue weighted by Crippen LogP contribution is 2.26. The monoisotopic (exact) mass is 408 g/mol. The van der Waals surface area contributed by atoms with E-state index in [0.717, 1.165) is 10.0 Å². The Morgan fingerprint density at radius 2 is 1.77 bits per heavy atom. The lowest BCUT2D eigenvalue weighted by molar-refractivity contribution is -0.117. The van der Waals surface area contributed by atoms with E-state index in [1.807, 2.05) is 42.5 Å². The van der Waals surface area contributed by atoms with Crippen LogP contribution in [-0.2, 0) is 9.59 Å². The van der Waals surface area contributed by atoms with Gasteiger partial charge in [-0.15, -0.1) is 0 Å². The van der Waals surface area contributed by atoms with Crippen molar-refractivity contribution in [3.63, 3.8) is 0 Å². The maximum absolute atomic E-state index is 12.6. The number of nitrogens with zero attached hydrogens (tertiary/aromatic N) is 1. The van der Waals surface area contributed by atoms with Crippen molar-refractivity contribution >= 4 is 39.5 Å². The molecule has 5 nitrogen and oxygen atoms in total. The van der Waals surface area contributed by atoms with Gasteiger partial charge < -0.3 is 4.42 Å². The van der Waals surface area contributed by atoms with Gasteiger partial charge in [-0.3, -0.25) is 15.0 Å². The van der Waals surface area contributed by atoms with E-state index in [1.165, 1.54) is 11.1 Å². The Hall–Kier alpha value is -3.12. The van der Waals surface area contributed by atoms with Crippen molar-refractivity contribution in [3.8, 4) is 11.3 Å². The van der Waals surface area contributed by atoms with Crippen molar-refractivity contribution in [2.24, 2.45) is 0 Å². The summed E-state index contributed by atoms with van der Waals surface area (Å²) in [4.78, 5) is 24.9. The Morgan fingerprint density at radius 1 is 0.962 bits per heavy atom. The molecule has 1 fully saturated rings. The average Bonchev–Trinajstić information content (AvgIpc) is 3.23. The summed E-state index contributed by atoms with van der Waals surface area (Å²) in [6.45, 7) is 0. The summed E-state index contributed by atoms with van der Waals surface area (Å²) in [5, 5.41) is 1.22. The largest absolute Gasteiger partial charge is 0.457 e. The van der Waals surface area contributed by atoms with Crippen LogP contribution in [0.5, 0.6) is 0 Å². The molecular weight excluding hydrogens is 396 g/mol. The molecule has 0 unspecified atom stereocenters. The minimum atomic E-state index is -0.465. The normalized spacial score (nSPS) is 15.6. The van der Waals surface area contributed by atoms with E-state index >= 15 is 0 Å². The highest BCUT2D eigenvalue weighted by molar-refractivity contribution is 9.10. The molecule has 1 saturated heterocycles. The van der Waals surface area contributed by atoms with Gasteiger partial charge in [0.15, 0.2) is 0 Å². The van der Waals surface area contributed by atoms with Gasteiger partial charge in [-0.25, -0.2) is 5.01 Å². The number of benzene rings is 2. The second-order valence-electron chi connectivity index (χ2n) is 5.69. The number of furan rings is 1. The van der Waals surface area contributed by atoms with Gasteiger partial charge in [0.2, 0.25) is 0 Å². The molecule has 2 heterocycles. The first-order valence-corrected chi connectivity index (χ1v) is 8.69. The van der Waals surface area contributed by atoms with E-state index in [4.69, 9.17) is 4.42 Å². The molecule has 1 aliphatic heterocycles. The Balaban J connectivity index is 1.63. The van der Waals surface area contributed by atoms with Crippen molar-refractivity contribution in [2.45, 2.75) is 0 Å². The van der Waals surface area contributed by atoms with Crippen LogP contribution in [0.15, 0.2) is 81.2 Å². The molecule has 0 bridgehead atoms. The molecule has 26 heavy (non-hydrogen) atoms. The molecule has 0 saturated carbocycles. The smallest absolute Gasteiger partial charge is 0.282 e. The van der Waals surface area contributed by atoms with Crippen molar-refractivity contribution in [2.75, 3.05) is 5.01 Å². The average molecular weight is 409 g/mol. The molecule has 6 heteroatoms. The molecule has 3 aromatic rings. The highest BCUT2D eigenvalue weighted by Gasteiger charge is 2.34. The zero-order chi connectivity index (χ0) is 18.1. The van der Waals surface area contributed by atoms with Gasteiger partial charge in [0, 0.05) is 10.0 Å². The molecule has 0 spiro atoms. The van der Waals surface area contributed by atoms with Crippen molar-refractivity contribution in [3.05, 3.63) is 82.5 Å². The Kier molecular flexibility index (Phi) is 4.18. The fourth-order valence-electron chi connectivity index (χ4n) is 2.68. The first kappa shape index (κ1) is 16.4. The topological polar surface area (TPSA) is 62.6 Å². The van der Waals surface area contributed by atoms with Crippen LogP contribution in [0.2, 0.25) is 0 Å². The van der Waals surface area contributed by atoms with Gasteiger partial charge in [0.1, 0.15) is 17.1 Å². The van der Waals surface area contributed by atoms with Gasteiger partial charge >= 0.3 is 0 Å². The van der Waals surface area contributed by atoms with E-state index in [-0.39, 0.29) is 5.57 Å². The Labute approximate surface area is 158 Å². The molecule has 0 aliphatic carbocycles. The lowest BCUT2D eigenvalue weighted by Gasteiger charge is -2.14. The number of anilines is 1. The van der Waals surface area contributed by atoms with Crippen LogP contribution in [0.1, 0.15) is 5.76 Å². The van der Waals surface area contributed by atoms with Crippen molar-refractivity contribution < 1.29 is 14.0 Å². The zero-order valence-corrected chi connectivity index (χ0v) is 15.1. The number of carbonyl (C=O) groups excluding carboxylic acids is 2. The summed E-state index contributed by atoms with van der Waals surface area (Å²) < 4.78 is 6.57. The minimum Gasteiger partial charge on any atom is -0.457 e. The second kappa shape index (κ2) is 6.65. The number of rotatable bonds is 3. The standard InChI is InChI=1S/C20H13BrN2O3/c21-14-7-4-8-15(11-14)23-20(25)17(19(24)22-23)12-16-9-10-18(26-16)13-5-2-1-3-6-13/h1-12H,(H,22,24)/b17-12-. The van der Waals surface area contributed by atoms with Gasteiger partial charge in [0.25, 0.3) is 11.8 Å². The highest BCUT2D eigenvalue weighted by atomic mass is 79.9. The van der Waals surface area contributed by atoms with E-state index < -0.39 is 11.8 Å². The maximum Gasteiger partial charge on any atom is 0.282 e. The van der Waals surface area contributed by atoms with Gasteiger partial charge in [0.05, 0.1) is 5.69 Å². The summed E-state index contributed by atoms with van der Waals surface area (Å²) in [5.74, 6) is 0.226. The lowest BCUT2D eigenvalue weighted by atomic mass is 10.2. The summed E-state index contributed by atoms with van der Waals surface area (Å²) in [7, 11) is 0. The van der Waals surface area contributed by atoms with Crippen molar-refractivity contribution in [1.29, 1.82) is 0 Å². The molecule has 128 valence electrons. The number of halogens is 1. The summed E-state index contributed by atoms with van der Waals surface area (Å²) >= 11 is 3.36. The first-order valence-electron chi connectivity index (χ1n) is 7.90. The third-order valence-corrected chi connectivity index (χ3v) is 4.42. The maximum atomic E-state index is 12.6. The third-order valence-electron chi connectivity index (χ3n) is 3.93. The van der Waals surface area contributed by atoms with Crippen LogP contribution in [-0.4, -0.2) is 11.8 Å². The Bertz CT molecular complexity index is 1020. The molecule has 2 amide bonds. The molecule has 4 rings (SSSR count). The van der Waals surface area contributed by atoms with Crippen LogP contribution >= 0.6 is 15.9 Å². The molecule has 0 atom stereocenters. The quantitative estimate of drug-likeness (QED) is 0.522. The number of hydrogen-bond acceptors (Lipinski definition) is 3. The molecule has 1 aromatic heterocycles. The SMILES string of the molecule is O=C1NN(c2cccc(Br)c2)C(=O)/C1=C\c1ccc(-c2ccccc2)o1. The summed E-state index contributed by atoms with van der Waals surface area (Å²) in [6, 6.07) is 20.3. The van der Waals surface area contributed by atoms with Crippen molar-refractivity contribution in [1.82, 2.24) is 5.43 Å². The number of carbonyl (C=O) groups is 2. The van der Waals surface area contributed by atoms with E-state index in [9.17, 15) is 9.59 Å². The van der Waals surface area contributed by atoms with Gasteiger partial charge in [-0.2, -0.15) is 0 Å². The van der Waals surface area contributed by atoms with Crippen LogP contribution in [0, 0.1) is 0 Å². The number of hydrazine groups is 1. The first-order chi connectivity index (χ1) is 12.6. The predicted molar refractivity (Wildman–Crippen MR) is 102 cm³/mol. The van der Waals surface area contributed by atoms with Crippen LogP contribution in [0.25, 0.3) is 17.4 Å². The number of amides is 2. The van der Waals surface area contributed by atoms with Gasteiger partial charge in [-0.1, -0.05) is 52.3 Å². The third kappa shape index (κ3) is 3.07. The molecule has 2 aromatic carbocycles. The van der Waals surface area contributed by atoms with Crippen LogP contribution < -0.4 is 10.4 Å². The lowest BCUT2D eigenvalue weighted by Crippen LogP contribution is -2.35. The fraction of sp³-hybridized carbons (Fsp3) is 0. The molecule has 1 N–H and O–H groups in total. The van der Waals surface area contributed by atoms with E-state index in [1.54, 1.807) is 24.3 Å². The summed E-state index contributed by atoms with van der Waals surface area (Å²) in [6.07, 6.45) is 1.46. The number of hydrogen-bond donors (Lipinski definition) is 1. The Morgan fingerprint density at radius 3 is 2.54 bits per heavy atom. The van der Waals surface area contributed by atoms with Gasteiger partial charge in [-0.05, 0) is 36.4 Å². The van der Waals surface area contributed by atoms with Crippen LogP contribution in [0.4, 0.5) is 5.69 Å². The molecule has 0 radical (unpaired) electrons. The predicted octanol–water partition coefficient (Wildman–Crippen LogP) is 4.17. The number of nitrogens with one attached hydrogen (secondary N) is 1. The van der Waals surface area contributed by atoms with E-state index in [0.29, 0.717) is 17.2 Å². The van der Waals surface area contributed by atoms with Crippen LogP contribution in [0.3, 0.4) is 0 Å². The van der Waals surface area contributed by atoms with E-state index in [2.05, 4.69) is 21.4 Å². The zero-order valence-electron chi connectivity index (χ0n) is 13.5.